The maximum absolute atomic E-state index is 4.18. The van der Waals surface area contributed by atoms with Crippen LogP contribution in [0.2, 0.25) is 0 Å². The lowest BCUT2D eigenvalue weighted by atomic mass is 9.98. The van der Waals surface area contributed by atoms with Gasteiger partial charge < -0.3 is 10.2 Å². The predicted octanol–water partition coefficient (Wildman–Crippen LogP) is 10.1. The van der Waals surface area contributed by atoms with E-state index in [-0.39, 0.29) is 0 Å². The number of benzene rings is 3. The van der Waals surface area contributed by atoms with Crippen molar-refractivity contribution in [2.45, 2.75) is 27.7 Å². The zero-order chi connectivity index (χ0) is 28.7. The molecule has 3 rings (SSSR count). The first-order valence-corrected chi connectivity index (χ1v) is 13.9. The molecule has 0 aliphatic heterocycles. The molecule has 0 fully saturated rings. The lowest BCUT2D eigenvalue weighted by Gasteiger charge is -2.27. The third-order valence-corrected chi connectivity index (χ3v) is 6.72. The van der Waals surface area contributed by atoms with Crippen LogP contribution < -0.4 is 10.2 Å². The summed E-state index contributed by atoms with van der Waals surface area (Å²) < 4.78 is 0. The minimum absolute atomic E-state index is 0.845. The van der Waals surface area contributed by atoms with Crippen LogP contribution in [0.1, 0.15) is 38.8 Å². The lowest BCUT2D eigenvalue weighted by molar-refractivity contribution is 0.919. The SMILES string of the molecule is C=C/C(=C\C=C(/C)c1ccccc1)N(c1ccccc1)c1cccc(C(/C=C(C)/C(/C=C\CNC)=C/C)=C/C)c1. The highest BCUT2D eigenvalue weighted by molar-refractivity contribution is 5.80. The number of allylic oxidation sites excluding steroid dienone is 11. The molecule has 0 radical (unpaired) electrons. The van der Waals surface area contributed by atoms with E-state index in [1.807, 2.05) is 25.3 Å². The molecule has 0 aliphatic carbocycles. The molecule has 0 spiro atoms. The Morgan fingerprint density at radius 1 is 0.800 bits per heavy atom. The maximum Gasteiger partial charge on any atom is 0.0467 e. The summed E-state index contributed by atoms with van der Waals surface area (Å²) in [5, 5.41) is 3.17. The normalized spacial score (nSPS) is 13.6. The molecular formula is C38H42N2. The molecule has 40 heavy (non-hydrogen) atoms. The Morgan fingerprint density at radius 3 is 2.08 bits per heavy atom. The molecule has 2 nitrogen and oxygen atoms in total. The topological polar surface area (TPSA) is 15.3 Å². The van der Waals surface area contributed by atoms with Gasteiger partial charge in [-0.3, -0.25) is 0 Å². The second-order valence-electron chi connectivity index (χ2n) is 9.51. The summed E-state index contributed by atoms with van der Waals surface area (Å²) in [6.07, 6.45) is 17.2. The van der Waals surface area contributed by atoms with Gasteiger partial charge in [0, 0.05) is 23.6 Å². The maximum atomic E-state index is 4.18. The molecule has 0 bridgehead atoms. The van der Waals surface area contributed by atoms with Crippen molar-refractivity contribution >= 4 is 22.5 Å². The minimum atomic E-state index is 0.845. The molecule has 3 aromatic carbocycles. The fraction of sp³-hybridized carbons (Fsp3) is 0.158. The number of hydrogen-bond acceptors (Lipinski definition) is 2. The molecule has 0 saturated carbocycles. The van der Waals surface area contributed by atoms with Crippen LogP contribution in [0.4, 0.5) is 11.4 Å². The van der Waals surface area contributed by atoms with E-state index in [0.29, 0.717) is 0 Å². The van der Waals surface area contributed by atoms with E-state index in [1.165, 1.54) is 27.9 Å². The molecule has 0 aliphatic rings. The molecule has 1 N–H and O–H groups in total. The predicted molar refractivity (Wildman–Crippen MR) is 178 cm³/mol. The Labute approximate surface area is 241 Å². The van der Waals surface area contributed by atoms with Gasteiger partial charge in [0.1, 0.15) is 0 Å². The van der Waals surface area contributed by atoms with Crippen LogP contribution >= 0.6 is 0 Å². The van der Waals surface area contributed by atoms with Gasteiger partial charge in [0.2, 0.25) is 0 Å². The number of rotatable bonds is 12. The van der Waals surface area contributed by atoms with Crippen molar-refractivity contribution in [3.8, 4) is 0 Å². The summed E-state index contributed by atoms with van der Waals surface area (Å²) in [5.74, 6) is 0. The van der Waals surface area contributed by atoms with Crippen molar-refractivity contribution < 1.29 is 0 Å². The number of nitrogens with zero attached hydrogens (tertiary/aromatic N) is 1. The zero-order valence-electron chi connectivity index (χ0n) is 24.6. The molecule has 0 aromatic heterocycles. The smallest absolute Gasteiger partial charge is 0.0467 e. The van der Waals surface area contributed by atoms with E-state index < -0.39 is 0 Å². The fourth-order valence-electron chi connectivity index (χ4n) is 4.50. The number of para-hydroxylation sites is 1. The fourth-order valence-corrected chi connectivity index (χ4v) is 4.50. The van der Waals surface area contributed by atoms with Gasteiger partial charge in [0.15, 0.2) is 0 Å². The molecule has 0 saturated heterocycles. The van der Waals surface area contributed by atoms with E-state index in [4.69, 9.17) is 0 Å². The summed E-state index contributed by atoms with van der Waals surface area (Å²) in [6, 6.07) is 29.6. The van der Waals surface area contributed by atoms with Gasteiger partial charge in [-0.2, -0.15) is 0 Å². The summed E-state index contributed by atoms with van der Waals surface area (Å²) in [7, 11) is 1.96. The highest BCUT2D eigenvalue weighted by atomic mass is 15.1. The molecule has 2 heteroatoms. The molecule has 0 unspecified atom stereocenters. The van der Waals surface area contributed by atoms with Gasteiger partial charge in [0.05, 0.1) is 0 Å². The largest absolute Gasteiger partial charge is 0.316 e. The average molecular weight is 527 g/mol. The standard InChI is InChI=1S/C38H42N2/c1-7-32(21-17-27-39-6)31(5)28-33(8-2)35-20-16-24-38(29-35)40(37-22-14-11-15-23-37)36(9-3)26-25-30(4)34-18-12-10-13-19-34/h7-26,28-29,39H,3,27H2,1-2,4-6H3/b21-17-,30-25+,31-28+,32-7+,33-8+,36-26+. The molecule has 0 heterocycles. The van der Waals surface area contributed by atoms with Crippen LogP contribution in [0.15, 0.2) is 157 Å². The van der Waals surface area contributed by atoms with Crippen molar-refractivity contribution in [2.24, 2.45) is 0 Å². The van der Waals surface area contributed by atoms with Crippen molar-refractivity contribution in [1.29, 1.82) is 0 Å². The van der Waals surface area contributed by atoms with Crippen LogP contribution in [0, 0.1) is 0 Å². The minimum Gasteiger partial charge on any atom is -0.316 e. The Balaban J connectivity index is 2.05. The van der Waals surface area contributed by atoms with E-state index >= 15 is 0 Å². The average Bonchev–Trinajstić information content (AvgIpc) is 3.00. The zero-order valence-corrected chi connectivity index (χ0v) is 24.6. The van der Waals surface area contributed by atoms with Gasteiger partial charge in [-0.25, -0.2) is 0 Å². The van der Waals surface area contributed by atoms with Crippen molar-refractivity contribution in [3.05, 3.63) is 168 Å². The quantitative estimate of drug-likeness (QED) is 0.236. The Morgan fingerprint density at radius 2 is 1.45 bits per heavy atom. The van der Waals surface area contributed by atoms with Crippen molar-refractivity contribution in [1.82, 2.24) is 5.32 Å². The molecular weight excluding hydrogens is 484 g/mol. The first kappa shape index (κ1) is 30.1. The van der Waals surface area contributed by atoms with Crippen molar-refractivity contribution in [3.63, 3.8) is 0 Å². The first-order valence-electron chi connectivity index (χ1n) is 13.9. The highest BCUT2D eigenvalue weighted by Crippen LogP contribution is 2.33. The van der Waals surface area contributed by atoms with Crippen LogP contribution in [0.5, 0.6) is 0 Å². The van der Waals surface area contributed by atoms with Gasteiger partial charge in [-0.05, 0) is 105 Å². The molecule has 204 valence electrons. The third-order valence-electron chi connectivity index (χ3n) is 6.72. The molecule has 0 amide bonds. The molecule has 3 aromatic rings. The number of nitrogens with one attached hydrogen (secondary N) is 1. The summed E-state index contributed by atoms with van der Waals surface area (Å²) >= 11 is 0. The number of anilines is 2. The van der Waals surface area contributed by atoms with Gasteiger partial charge in [-0.1, -0.05) is 104 Å². The van der Waals surface area contributed by atoms with E-state index in [0.717, 1.165) is 29.2 Å². The van der Waals surface area contributed by atoms with Crippen LogP contribution in [0.3, 0.4) is 0 Å². The second kappa shape index (κ2) is 15.9. The van der Waals surface area contributed by atoms with E-state index in [2.05, 4.69) is 160 Å². The van der Waals surface area contributed by atoms with Gasteiger partial charge in [-0.15, -0.1) is 0 Å². The number of hydrogen-bond donors (Lipinski definition) is 1. The Bertz CT molecular complexity index is 1430. The van der Waals surface area contributed by atoms with Crippen LogP contribution in [0.25, 0.3) is 11.1 Å². The second-order valence-corrected chi connectivity index (χ2v) is 9.51. The van der Waals surface area contributed by atoms with Crippen LogP contribution in [-0.4, -0.2) is 13.6 Å². The Kier molecular flexibility index (Phi) is 12.0. The first-order chi connectivity index (χ1) is 19.5. The Hall–Kier alpha value is -4.40. The molecule has 0 atom stereocenters. The lowest BCUT2D eigenvalue weighted by Crippen LogP contribution is -2.15. The third kappa shape index (κ3) is 8.30. The van der Waals surface area contributed by atoms with Crippen LogP contribution in [-0.2, 0) is 0 Å². The van der Waals surface area contributed by atoms with E-state index in [1.54, 1.807) is 0 Å². The van der Waals surface area contributed by atoms with Gasteiger partial charge >= 0.3 is 0 Å². The van der Waals surface area contributed by atoms with Gasteiger partial charge in [0.25, 0.3) is 0 Å². The van der Waals surface area contributed by atoms with Crippen molar-refractivity contribution in [2.75, 3.05) is 18.5 Å². The van der Waals surface area contributed by atoms with E-state index in [9.17, 15) is 0 Å². The monoisotopic (exact) mass is 526 g/mol. The summed E-state index contributed by atoms with van der Waals surface area (Å²) in [6.45, 7) is 13.5. The number of likely N-dealkylation sites (N-methyl/N-ethyl adjacent to an activating group) is 1. The summed E-state index contributed by atoms with van der Waals surface area (Å²) in [5.41, 5.74) is 10.3. The highest BCUT2D eigenvalue weighted by Gasteiger charge is 2.14. The summed E-state index contributed by atoms with van der Waals surface area (Å²) in [4.78, 5) is 2.26.